The Hall–Kier alpha value is -0.870. The summed E-state index contributed by atoms with van der Waals surface area (Å²) in [4.78, 5) is 11.9. The Morgan fingerprint density at radius 1 is 1.41 bits per heavy atom. The van der Waals surface area contributed by atoms with E-state index < -0.39 is 0 Å². The molecule has 1 rings (SSSR count). The number of benzene rings is 1. The molecule has 3 nitrogen and oxygen atoms in total. The second-order valence-electron chi connectivity index (χ2n) is 3.74. The Balaban J connectivity index is 2.75. The molecule has 0 N–H and O–H groups in total. The van der Waals surface area contributed by atoms with E-state index in [-0.39, 0.29) is 11.9 Å². The molecule has 1 aromatic rings. The third kappa shape index (κ3) is 3.82. The first-order valence-corrected chi connectivity index (χ1v) is 6.29. The van der Waals surface area contributed by atoms with Crippen LogP contribution in [-0.2, 0) is 16.0 Å². The van der Waals surface area contributed by atoms with E-state index in [1.807, 2.05) is 25.1 Å². The number of hydrogen-bond donors (Lipinski definition) is 0. The van der Waals surface area contributed by atoms with Crippen molar-refractivity contribution < 1.29 is 14.3 Å². The standard InChI is InChI=1S/C13H17BrO3/c1-4-12(16-2)11(15)8-9-5-6-13(17-3)10(14)7-9/h5-7,12H,4,8H2,1-3H3. The first kappa shape index (κ1) is 14.2. The van der Waals surface area contributed by atoms with Crippen LogP contribution in [0, 0.1) is 0 Å². The van der Waals surface area contributed by atoms with Gasteiger partial charge in [-0.3, -0.25) is 4.79 Å². The summed E-state index contributed by atoms with van der Waals surface area (Å²) in [6.45, 7) is 1.94. The van der Waals surface area contributed by atoms with Crippen LogP contribution in [0.1, 0.15) is 18.9 Å². The second-order valence-corrected chi connectivity index (χ2v) is 4.60. The van der Waals surface area contributed by atoms with Crippen LogP contribution in [0.25, 0.3) is 0 Å². The normalized spacial score (nSPS) is 12.2. The molecule has 0 heterocycles. The molecule has 0 saturated carbocycles. The molecule has 0 saturated heterocycles. The molecule has 0 bridgehead atoms. The molecule has 1 unspecified atom stereocenters. The fraction of sp³-hybridized carbons (Fsp3) is 0.462. The van der Waals surface area contributed by atoms with Gasteiger partial charge < -0.3 is 9.47 Å². The summed E-state index contributed by atoms with van der Waals surface area (Å²) in [7, 11) is 3.18. The van der Waals surface area contributed by atoms with Gasteiger partial charge in [-0.2, -0.15) is 0 Å². The summed E-state index contributed by atoms with van der Waals surface area (Å²) in [6, 6.07) is 5.64. The van der Waals surface area contributed by atoms with E-state index in [1.54, 1.807) is 14.2 Å². The van der Waals surface area contributed by atoms with E-state index in [2.05, 4.69) is 15.9 Å². The molecule has 0 radical (unpaired) electrons. The Kier molecular flexibility index (Phi) is 5.65. The number of Topliss-reactive ketones (excluding diaryl/α,β-unsaturated/α-hetero) is 1. The van der Waals surface area contributed by atoms with Crippen LogP contribution in [0.3, 0.4) is 0 Å². The summed E-state index contributed by atoms with van der Waals surface area (Å²) in [5.74, 6) is 0.868. The fourth-order valence-corrected chi connectivity index (χ4v) is 2.25. The van der Waals surface area contributed by atoms with Gasteiger partial charge in [0.15, 0.2) is 5.78 Å². The van der Waals surface area contributed by atoms with Gasteiger partial charge in [0.25, 0.3) is 0 Å². The van der Waals surface area contributed by atoms with Gasteiger partial charge in [-0.1, -0.05) is 13.0 Å². The minimum Gasteiger partial charge on any atom is -0.496 e. The molecule has 0 spiro atoms. The lowest BCUT2D eigenvalue weighted by Gasteiger charge is -2.12. The Bertz CT molecular complexity index is 386. The Labute approximate surface area is 110 Å². The molecule has 0 aromatic heterocycles. The molecule has 4 heteroatoms. The average Bonchev–Trinajstić information content (AvgIpc) is 2.31. The van der Waals surface area contributed by atoms with Crippen molar-refractivity contribution in [2.45, 2.75) is 25.9 Å². The van der Waals surface area contributed by atoms with Crippen LogP contribution in [-0.4, -0.2) is 26.1 Å². The van der Waals surface area contributed by atoms with Crippen LogP contribution < -0.4 is 4.74 Å². The maximum absolute atomic E-state index is 11.9. The van der Waals surface area contributed by atoms with Gasteiger partial charge in [-0.05, 0) is 40.0 Å². The summed E-state index contributed by atoms with van der Waals surface area (Å²) in [5.41, 5.74) is 0.957. The van der Waals surface area contributed by atoms with Crippen molar-refractivity contribution in [3.05, 3.63) is 28.2 Å². The summed E-state index contributed by atoms with van der Waals surface area (Å²) in [5, 5.41) is 0. The van der Waals surface area contributed by atoms with Crippen LogP contribution in [0.4, 0.5) is 0 Å². The van der Waals surface area contributed by atoms with Crippen molar-refractivity contribution in [2.75, 3.05) is 14.2 Å². The van der Waals surface area contributed by atoms with E-state index in [0.717, 1.165) is 15.8 Å². The topological polar surface area (TPSA) is 35.5 Å². The SMILES string of the molecule is CCC(OC)C(=O)Cc1ccc(OC)c(Br)c1. The van der Waals surface area contributed by atoms with E-state index in [0.29, 0.717) is 12.8 Å². The zero-order valence-electron chi connectivity index (χ0n) is 10.3. The van der Waals surface area contributed by atoms with E-state index in [4.69, 9.17) is 9.47 Å². The second kappa shape index (κ2) is 6.77. The van der Waals surface area contributed by atoms with Gasteiger partial charge in [0.2, 0.25) is 0 Å². The highest BCUT2D eigenvalue weighted by Gasteiger charge is 2.16. The van der Waals surface area contributed by atoms with Crippen LogP contribution in [0.5, 0.6) is 5.75 Å². The molecule has 1 aromatic carbocycles. The molecular formula is C13H17BrO3. The number of carbonyl (C=O) groups excluding carboxylic acids is 1. The van der Waals surface area contributed by atoms with Crippen LogP contribution >= 0.6 is 15.9 Å². The molecule has 17 heavy (non-hydrogen) atoms. The summed E-state index contributed by atoms with van der Waals surface area (Å²) < 4.78 is 11.1. The molecule has 1 atom stereocenters. The maximum Gasteiger partial charge on any atom is 0.165 e. The number of ether oxygens (including phenoxy) is 2. The number of rotatable bonds is 6. The number of methoxy groups -OCH3 is 2. The highest BCUT2D eigenvalue weighted by Crippen LogP contribution is 2.25. The highest BCUT2D eigenvalue weighted by atomic mass is 79.9. The van der Waals surface area contributed by atoms with Crippen molar-refractivity contribution in [3.63, 3.8) is 0 Å². The van der Waals surface area contributed by atoms with E-state index >= 15 is 0 Å². The predicted molar refractivity (Wildman–Crippen MR) is 70.5 cm³/mol. The van der Waals surface area contributed by atoms with Crippen molar-refractivity contribution >= 4 is 21.7 Å². The van der Waals surface area contributed by atoms with E-state index in [9.17, 15) is 4.79 Å². The Morgan fingerprint density at radius 3 is 2.59 bits per heavy atom. The lowest BCUT2D eigenvalue weighted by Crippen LogP contribution is -2.23. The van der Waals surface area contributed by atoms with Crippen molar-refractivity contribution in [1.29, 1.82) is 0 Å². The molecule has 0 fully saturated rings. The smallest absolute Gasteiger partial charge is 0.165 e. The summed E-state index contributed by atoms with van der Waals surface area (Å²) in [6.07, 6.45) is 0.776. The van der Waals surface area contributed by atoms with E-state index in [1.165, 1.54) is 0 Å². The third-order valence-corrected chi connectivity index (χ3v) is 3.23. The number of halogens is 1. The maximum atomic E-state index is 11.9. The molecule has 0 aliphatic heterocycles. The van der Waals surface area contributed by atoms with Crippen LogP contribution in [0.15, 0.2) is 22.7 Å². The average molecular weight is 301 g/mol. The quantitative estimate of drug-likeness (QED) is 0.810. The predicted octanol–water partition coefficient (Wildman–Crippen LogP) is 2.99. The third-order valence-electron chi connectivity index (χ3n) is 2.61. The fourth-order valence-electron chi connectivity index (χ4n) is 1.66. The highest BCUT2D eigenvalue weighted by molar-refractivity contribution is 9.10. The number of ketones is 1. The molecule has 94 valence electrons. The Morgan fingerprint density at radius 2 is 2.12 bits per heavy atom. The monoisotopic (exact) mass is 300 g/mol. The van der Waals surface area contributed by atoms with Gasteiger partial charge >= 0.3 is 0 Å². The van der Waals surface area contributed by atoms with Crippen LogP contribution in [0.2, 0.25) is 0 Å². The van der Waals surface area contributed by atoms with Crippen molar-refractivity contribution in [2.24, 2.45) is 0 Å². The minimum atomic E-state index is -0.309. The lowest BCUT2D eigenvalue weighted by molar-refractivity contribution is -0.128. The van der Waals surface area contributed by atoms with Crippen molar-refractivity contribution in [3.8, 4) is 5.75 Å². The first-order valence-electron chi connectivity index (χ1n) is 5.50. The van der Waals surface area contributed by atoms with Gasteiger partial charge in [0, 0.05) is 13.5 Å². The number of hydrogen-bond acceptors (Lipinski definition) is 3. The van der Waals surface area contributed by atoms with Gasteiger partial charge in [0.1, 0.15) is 11.9 Å². The van der Waals surface area contributed by atoms with Crippen molar-refractivity contribution in [1.82, 2.24) is 0 Å². The molecular weight excluding hydrogens is 284 g/mol. The summed E-state index contributed by atoms with van der Waals surface area (Å²) >= 11 is 3.40. The molecule has 0 aliphatic rings. The first-order chi connectivity index (χ1) is 8.12. The lowest BCUT2D eigenvalue weighted by atomic mass is 10.0. The van der Waals surface area contributed by atoms with Gasteiger partial charge in [-0.15, -0.1) is 0 Å². The van der Waals surface area contributed by atoms with Gasteiger partial charge in [-0.25, -0.2) is 0 Å². The zero-order valence-corrected chi connectivity index (χ0v) is 11.9. The largest absolute Gasteiger partial charge is 0.496 e. The molecule has 0 amide bonds. The molecule has 0 aliphatic carbocycles. The minimum absolute atomic E-state index is 0.104. The van der Waals surface area contributed by atoms with Gasteiger partial charge in [0.05, 0.1) is 11.6 Å². The zero-order chi connectivity index (χ0) is 12.8. The number of carbonyl (C=O) groups is 1.